The molecule has 0 unspecified atom stereocenters. The summed E-state index contributed by atoms with van der Waals surface area (Å²) < 4.78 is 27.8. The first-order valence-electron chi connectivity index (χ1n) is 8.13. The van der Waals surface area contributed by atoms with Crippen molar-refractivity contribution in [1.82, 2.24) is 4.90 Å². The zero-order valence-electron chi connectivity index (χ0n) is 14.8. The number of amides is 1. The maximum absolute atomic E-state index is 12.1. The molecule has 1 aromatic carbocycles. The first-order chi connectivity index (χ1) is 12.3. The maximum Gasteiger partial charge on any atom is 0.316 e. The summed E-state index contributed by atoms with van der Waals surface area (Å²) in [5.74, 6) is -0.415. The summed E-state index contributed by atoms with van der Waals surface area (Å²) in [4.78, 5) is 26.5. The van der Waals surface area contributed by atoms with Crippen molar-refractivity contribution < 1.29 is 22.7 Å². The van der Waals surface area contributed by atoms with Gasteiger partial charge in [0.2, 0.25) is 0 Å². The van der Waals surface area contributed by atoms with Crippen molar-refractivity contribution in [3.8, 4) is 0 Å². The van der Waals surface area contributed by atoms with Crippen molar-refractivity contribution in [3.63, 3.8) is 0 Å². The van der Waals surface area contributed by atoms with Crippen LogP contribution in [0.25, 0.3) is 0 Å². The number of carbonyl (C=O) groups is 2. The number of thioether (sulfide) groups is 2. The molecule has 1 saturated heterocycles. The van der Waals surface area contributed by atoms with Crippen molar-refractivity contribution in [3.05, 3.63) is 29.8 Å². The number of rotatable bonds is 8. The number of esters is 1. The lowest BCUT2D eigenvalue weighted by atomic mass is 10.2. The minimum absolute atomic E-state index is 0.0600. The van der Waals surface area contributed by atoms with Crippen molar-refractivity contribution in [2.45, 2.75) is 23.1 Å². The van der Waals surface area contributed by atoms with Crippen LogP contribution in [0.3, 0.4) is 0 Å². The van der Waals surface area contributed by atoms with E-state index in [9.17, 15) is 18.0 Å². The normalized spacial score (nSPS) is 18.5. The Balaban J connectivity index is 1.68. The van der Waals surface area contributed by atoms with Crippen LogP contribution in [-0.4, -0.2) is 67.6 Å². The van der Waals surface area contributed by atoms with Crippen molar-refractivity contribution >= 4 is 45.2 Å². The number of hydrogen-bond acceptors (Lipinski definition) is 7. The molecule has 0 spiro atoms. The standard InChI is InChI=1S/C17H23NO5S3/c1-18(9-13-3-5-14(24-2)6-4-13)16(19)10-23-17(20)11-25-15-7-8-26(21,22)12-15/h3-6,15H,7-12H2,1-2H3/t15-/m0/s1. The van der Waals surface area contributed by atoms with Gasteiger partial charge < -0.3 is 9.64 Å². The minimum Gasteiger partial charge on any atom is -0.455 e. The fraction of sp³-hybridized carbons (Fsp3) is 0.529. The van der Waals surface area contributed by atoms with Crippen LogP contribution in [0.1, 0.15) is 12.0 Å². The maximum atomic E-state index is 12.1. The Labute approximate surface area is 163 Å². The molecule has 1 aromatic rings. The van der Waals surface area contributed by atoms with Gasteiger partial charge in [0.25, 0.3) is 5.91 Å². The summed E-state index contributed by atoms with van der Waals surface area (Å²) in [5, 5.41) is -0.0600. The Morgan fingerprint density at radius 1 is 1.27 bits per heavy atom. The Morgan fingerprint density at radius 3 is 2.54 bits per heavy atom. The Bertz CT molecular complexity index is 733. The molecule has 2 rings (SSSR count). The molecule has 0 bridgehead atoms. The molecule has 9 heteroatoms. The van der Waals surface area contributed by atoms with Crippen molar-refractivity contribution in [1.29, 1.82) is 0 Å². The second kappa shape index (κ2) is 9.66. The lowest BCUT2D eigenvalue weighted by Gasteiger charge is -2.17. The van der Waals surface area contributed by atoms with Crippen LogP contribution in [0.4, 0.5) is 0 Å². The zero-order chi connectivity index (χ0) is 19.2. The van der Waals surface area contributed by atoms with Gasteiger partial charge in [-0.15, -0.1) is 23.5 Å². The predicted molar refractivity (Wildman–Crippen MR) is 105 cm³/mol. The van der Waals surface area contributed by atoms with Gasteiger partial charge in [-0.05, 0) is 30.4 Å². The minimum atomic E-state index is -2.95. The second-order valence-electron chi connectivity index (χ2n) is 6.09. The van der Waals surface area contributed by atoms with Crippen LogP contribution >= 0.6 is 23.5 Å². The van der Waals surface area contributed by atoms with Crippen LogP contribution in [0.5, 0.6) is 0 Å². The molecule has 0 radical (unpaired) electrons. The van der Waals surface area contributed by atoms with E-state index < -0.39 is 15.8 Å². The number of sulfone groups is 1. The summed E-state index contributed by atoms with van der Waals surface area (Å²) in [6.07, 6.45) is 2.57. The van der Waals surface area contributed by atoms with Crippen LogP contribution in [0.15, 0.2) is 29.2 Å². The van der Waals surface area contributed by atoms with Gasteiger partial charge in [0, 0.05) is 23.7 Å². The third kappa shape index (κ3) is 6.85. The Morgan fingerprint density at radius 2 is 1.96 bits per heavy atom. The van der Waals surface area contributed by atoms with E-state index in [-0.39, 0.29) is 35.0 Å². The van der Waals surface area contributed by atoms with Crippen molar-refractivity contribution in [2.24, 2.45) is 0 Å². The average Bonchev–Trinajstić information content (AvgIpc) is 2.97. The summed E-state index contributed by atoms with van der Waals surface area (Å²) in [6, 6.07) is 7.93. The Kier molecular flexibility index (Phi) is 7.85. The molecule has 1 fully saturated rings. The summed E-state index contributed by atoms with van der Waals surface area (Å²) in [7, 11) is -1.29. The lowest BCUT2D eigenvalue weighted by Crippen LogP contribution is -2.31. The molecule has 1 heterocycles. The smallest absolute Gasteiger partial charge is 0.316 e. The summed E-state index contributed by atoms with van der Waals surface area (Å²) >= 11 is 2.93. The average molecular weight is 418 g/mol. The van der Waals surface area contributed by atoms with E-state index in [1.807, 2.05) is 30.5 Å². The van der Waals surface area contributed by atoms with E-state index in [2.05, 4.69) is 0 Å². The Hall–Kier alpha value is -1.19. The van der Waals surface area contributed by atoms with Crippen molar-refractivity contribution in [2.75, 3.05) is 37.2 Å². The molecular formula is C17H23NO5S3. The third-order valence-corrected chi connectivity index (χ3v) is 7.99. The number of benzene rings is 1. The van der Waals surface area contributed by atoms with Crippen LogP contribution < -0.4 is 0 Å². The highest BCUT2D eigenvalue weighted by Gasteiger charge is 2.28. The number of likely N-dealkylation sites (N-methyl/N-ethyl adjacent to an activating group) is 1. The highest BCUT2D eigenvalue weighted by Crippen LogP contribution is 2.24. The van der Waals surface area contributed by atoms with E-state index in [1.165, 1.54) is 16.7 Å². The van der Waals surface area contributed by atoms with Crippen LogP contribution in [0, 0.1) is 0 Å². The molecule has 0 N–H and O–H groups in total. The summed E-state index contributed by atoms with van der Waals surface area (Å²) in [5.41, 5.74) is 1.00. The first kappa shape index (κ1) is 21.1. The SMILES string of the molecule is CSc1ccc(CN(C)C(=O)COC(=O)CS[C@H]2CCS(=O)(=O)C2)cc1. The van der Waals surface area contributed by atoms with Gasteiger partial charge in [-0.3, -0.25) is 9.59 Å². The van der Waals surface area contributed by atoms with Gasteiger partial charge in [-0.1, -0.05) is 12.1 Å². The highest BCUT2D eigenvalue weighted by molar-refractivity contribution is 8.02. The molecular weight excluding hydrogens is 394 g/mol. The molecule has 144 valence electrons. The second-order valence-corrected chi connectivity index (χ2v) is 10.5. The molecule has 1 atom stereocenters. The fourth-order valence-corrected chi connectivity index (χ4v) is 6.31. The van der Waals surface area contributed by atoms with Gasteiger partial charge in [-0.25, -0.2) is 8.42 Å². The van der Waals surface area contributed by atoms with Gasteiger partial charge >= 0.3 is 5.97 Å². The zero-order valence-corrected chi connectivity index (χ0v) is 17.3. The highest BCUT2D eigenvalue weighted by atomic mass is 32.2. The topological polar surface area (TPSA) is 80.8 Å². The first-order valence-corrected chi connectivity index (χ1v) is 12.2. The molecule has 1 aliphatic heterocycles. The molecule has 0 aromatic heterocycles. The van der Waals surface area contributed by atoms with Gasteiger partial charge in [-0.2, -0.15) is 0 Å². The number of nitrogens with zero attached hydrogens (tertiary/aromatic N) is 1. The van der Waals surface area contributed by atoms with E-state index in [0.29, 0.717) is 13.0 Å². The summed E-state index contributed by atoms with van der Waals surface area (Å²) in [6.45, 7) is 0.140. The number of ether oxygens (including phenoxy) is 1. The van der Waals surface area contributed by atoms with E-state index in [0.717, 1.165) is 10.5 Å². The molecule has 26 heavy (non-hydrogen) atoms. The lowest BCUT2D eigenvalue weighted by molar-refractivity contribution is -0.149. The third-order valence-electron chi connectivity index (χ3n) is 3.99. The van der Waals surface area contributed by atoms with Gasteiger partial charge in [0.1, 0.15) is 0 Å². The fourth-order valence-electron chi connectivity index (χ4n) is 2.47. The van der Waals surface area contributed by atoms with Gasteiger partial charge in [0.15, 0.2) is 16.4 Å². The van der Waals surface area contributed by atoms with E-state index >= 15 is 0 Å². The molecule has 6 nitrogen and oxygen atoms in total. The monoisotopic (exact) mass is 417 g/mol. The molecule has 0 aliphatic carbocycles. The van der Waals surface area contributed by atoms with E-state index in [4.69, 9.17) is 4.74 Å². The number of carbonyl (C=O) groups excluding carboxylic acids is 2. The predicted octanol–water partition coefficient (Wildman–Crippen LogP) is 1.83. The molecule has 0 saturated carbocycles. The van der Waals surface area contributed by atoms with E-state index in [1.54, 1.807) is 18.8 Å². The largest absolute Gasteiger partial charge is 0.455 e. The van der Waals surface area contributed by atoms with Crippen LogP contribution in [-0.2, 0) is 30.7 Å². The molecule has 1 amide bonds. The van der Waals surface area contributed by atoms with Gasteiger partial charge in [0.05, 0.1) is 17.3 Å². The van der Waals surface area contributed by atoms with Crippen LogP contribution in [0.2, 0.25) is 0 Å². The quantitative estimate of drug-likeness (QED) is 0.471. The number of hydrogen-bond donors (Lipinski definition) is 0. The molecule has 1 aliphatic rings.